The molecule has 0 aliphatic heterocycles. The lowest BCUT2D eigenvalue weighted by Gasteiger charge is -1.98. The molecule has 4 heteroatoms. The maximum absolute atomic E-state index is 4.15. The lowest BCUT2D eigenvalue weighted by atomic mass is 10.2. The summed E-state index contributed by atoms with van der Waals surface area (Å²) >= 11 is 7.16. The van der Waals surface area contributed by atoms with Gasteiger partial charge >= 0.3 is 0 Å². The Balaban J connectivity index is 2.05. The minimum Gasteiger partial charge on any atom is -0.264 e. The van der Waals surface area contributed by atoms with Crippen molar-refractivity contribution in [2.75, 3.05) is 0 Å². The van der Waals surface area contributed by atoms with E-state index in [0.717, 1.165) is 4.47 Å². The maximum Gasteiger partial charge on any atom is 0.0688 e. The van der Waals surface area contributed by atoms with E-state index in [1.165, 1.54) is 24.8 Å². The van der Waals surface area contributed by atoms with Crippen molar-refractivity contribution in [1.29, 1.82) is 0 Å². The molecule has 3 rings (SSSR count). The molecule has 3 aromatic rings. The molecule has 0 radical (unpaired) electrons. The molecule has 0 aliphatic carbocycles. The Kier molecular flexibility index (Phi) is 3.41. The van der Waals surface area contributed by atoms with Crippen LogP contribution < -0.4 is 0 Å². The van der Waals surface area contributed by atoms with Gasteiger partial charge in [0.1, 0.15) is 0 Å². The summed E-state index contributed by atoms with van der Waals surface area (Å²) in [5, 5.41) is 1.33. The lowest BCUT2D eigenvalue weighted by Crippen LogP contribution is -1.74. The molecule has 0 fully saturated rings. The van der Waals surface area contributed by atoms with E-state index in [0.29, 0.717) is 0 Å². The van der Waals surface area contributed by atoms with Gasteiger partial charge in [0.25, 0.3) is 0 Å². The number of aromatic nitrogens is 1. The largest absolute Gasteiger partial charge is 0.264 e. The van der Waals surface area contributed by atoms with Gasteiger partial charge in [-0.25, -0.2) is 0 Å². The van der Waals surface area contributed by atoms with E-state index in [-0.39, 0.29) is 0 Å². The Morgan fingerprint density at radius 3 is 2.94 bits per heavy atom. The van der Waals surface area contributed by atoms with Gasteiger partial charge in [0.15, 0.2) is 0 Å². The van der Waals surface area contributed by atoms with Gasteiger partial charge in [-0.2, -0.15) is 0 Å². The van der Waals surface area contributed by atoms with Crippen molar-refractivity contribution in [2.45, 2.75) is 16.0 Å². The van der Waals surface area contributed by atoms with Crippen LogP contribution in [0.2, 0.25) is 0 Å². The van der Waals surface area contributed by atoms with Gasteiger partial charge < -0.3 is 0 Å². The van der Waals surface area contributed by atoms with Gasteiger partial charge in [-0.1, -0.05) is 27.7 Å². The first-order valence-electron chi connectivity index (χ1n) is 5.50. The monoisotopic (exact) mass is 335 g/mol. The standard InChI is InChI=1S/C14H10BrNS2/c1-9-12-7-10(15)4-5-13(12)18-14(9)17-11-3-2-6-16-8-11/h2-8H,1H3. The number of hydrogen-bond donors (Lipinski definition) is 0. The molecule has 18 heavy (non-hydrogen) atoms. The first kappa shape index (κ1) is 12.2. The molecule has 0 saturated carbocycles. The van der Waals surface area contributed by atoms with Crippen molar-refractivity contribution >= 4 is 49.1 Å². The Hall–Kier alpha value is -0.840. The number of rotatable bonds is 2. The third-order valence-corrected chi connectivity index (χ3v) is 5.73. The Bertz CT molecular complexity index is 692. The van der Waals surface area contributed by atoms with Crippen LogP contribution in [0.5, 0.6) is 0 Å². The molecule has 0 amide bonds. The number of thiophene rings is 1. The van der Waals surface area contributed by atoms with Gasteiger partial charge in [0.05, 0.1) is 4.21 Å². The molecule has 0 atom stereocenters. The second-order valence-electron chi connectivity index (χ2n) is 3.95. The number of pyridine rings is 1. The molecule has 0 aliphatic rings. The normalized spacial score (nSPS) is 11.0. The highest BCUT2D eigenvalue weighted by Crippen LogP contribution is 2.41. The van der Waals surface area contributed by atoms with E-state index < -0.39 is 0 Å². The summed E-state index contributed by atoms with van der Waals surface area (Å²) in [6.45, 7) is 2.18. The lowest BCUT2D eigenvalue weighted by molar-refractivity contribution is 1.24. The van der Waals surface area contributed by atoms with Crippen LogP contribution in [0, 0.1) is 6.92 Å². The highest BCUT2D eigenvalue weighted by Gasteiger charge is 2.10. The molecule has 0 spiro atoms. The number of halogens is 1. The quantitative estimate of drug-likeness (QED) is 0.611. The summed E-state index contributed by atoms with van der Waals surface area (Å²) in [4.78, 5) is 5.34. The van der Waals surface area contributed by atoms with E-state index >= 15 is 0 Å². The van der Waals surface area contributed by atoms with Gasteiger partial charge in [0, 0.05) is 26.5 Å². The zero-order chi connectivity index (χ0) is 12.5. The van der Waals surface area contributed by atoms with Crippen molar-refractivity contribution in [2.24, 2.45) is 0 Å². The predicted octanol–water partition coefficient (Wildman–Crippen LogP) is 5.52. The van der Waals surface area contributed by atoms with Crippen molar-refractivity contribution < 1.29 is 0 Å². The van der Waals surface area contributed by atoms with Crippen LogP contribution in [0.15, 0.2) is 56.3 Å². The molecule has 1 nitrogen and oxygen atoms in total. The number of aryl methyl sites for hydroxylation is 1. The topological polar surface area (TPSA) is 12.9 Å². The Labute approximate surface area is 122 Å². The van der Waals surface area contributed by atoms with Crippen molar-refractivity contribution in [3.05, 3.63) is 52.8 Å². The Morgan fingerprint density at radius 1 is 1.28 bits per heavy atom. The Morgan fingerprint density at radius 2 is 2.17 bits per heavy atom. The van der Waals surface area contributed by atoms with E-state index in [1.807, 2.05) is 23.6 Å². The summed E-state index contributed by atoms with van der Waals surface area (Å²) in [6, 6.07) is 10.5. The molecule has 0 unspecified atom stereocenters. The van der Waals surface area contributed by atoms with Crippen molar-refractivity contribution in [3.63, 3.8) is 0 Å². The minimum atomic E-state index is 1.13. The van der Waals surface area contributed by atoms with E-state index in [9.17, 15) is 0 Å². The van der Waals surface area contributed by atoms with Gasteiger partial charge in [-0.15, -0.1) is 11.3 Å². The summed E-state index contributed by atoms with van der Waals surface area (Å²) < 4.78 is 3.81. The molecular formula is C14H10BrNS2. The highest BCUT2D eigenvalue weighted by atomic mass is 79.9. The van der Waals surface area contributed by atoms with Crippen LogP contribution in [-0.2, 0) is 0 Å². The van der Waals surface area contributed by atoms with Crippen LogP contribution >= 0.6 is 39.0 Å². The molecule has 90 valence electrons. The number of fused-ring (bicyclic) bond motifs is 1. The molecule has 2 heterocycles. The molecular weight excluding hydrogens is 326 g/mol. The van der Waals surface area contributed by atoms with Crippen LogP contribution in [0.25, 0.3) is 10.1 Å². The smallest absolute Gasteiger partial charge is 0.0688 e. The summed E-state index contributed by atoms with van der Waals surface area (Å²) in [5.74, 6) is 0. The third-order valence-electron chi connectivity index (χ3n) is 2.70. The number of benzene rings is 1. The second-order valence-corrected chi connectivity index (χ2v) is 7.26. The average molecular weight is 336 g/mol. The molecule has 2 aromatic heterocycles. The van der Waals surface area contributed by atoms with Gasteiger partial charge in [-0.3, -0.25) is 4.98 Å². The van der Waals surface area contributed by atoms with Crippen LogP contribution in [-0.4, -0.2) is 4.98 Å². The number of nitrogens with zero attached hydrogens (tertiary/aromatic N) is 1. The van der Waals surface area contributed by atoms with E-state index in [1.54, 1.807) is 18.0 Å². The van der Waals surface area contributed by atoms with Crippen LogP contribution in [0.1, 0.15) is 5.56 Å². The van der Waals surface area contributed by atoms with Crippen LogP contribution in [0.4, 0.5) is 0 Å². The van der Waals surface area contributed by atoms with Crippen LogP contribution in [0.3, 0.4) is 0 Å². The van der Waals surface area contributed by atoms with Gasteiger partial charge in [0.2, 0.25) is 0 Å². The van der Waals surface area contributed by atoms with E-state index in [4.69, 9.17) is 0 Å². The molecule has 0 bridgehead atoms. The van der Waals surface area contributed by atoms with Crippen molar-refractivity contribution in [1.82, 2.24) is 4.98 Å². The fourth-order valence-electron chi connectivity index (χ4n) is 1.78. The average Bonchev–Trinajstić information content (AvgIpc) is 2.68. The number of hydrogen-bond acceptors (Lipinski definition) is 3. The predicted molar refractivity (Wildman–Crippen MR) is 82.6 cm³/mol. The molecule has 0 N–H and O–H groups in total. The zero-order valence-electron chi connectivity index (χ0n) is 9.68. The third kappa shape index (κ3) is 2.32. The summed E-state index contributed by atoms with van der Waals surface area (Å²) in [7, 11) is 0. The highest BCUT2D eigenvalue weighted by molar-refractivity contribution is 9.10. The molecule has 1 aromatic carbocycles. The minimum absolute atomic E-state index is 1.13. The zero-order valence-corrected chi connectivity index (χ0v) is 12.9. The SMILES string of the molecule is Cc1c(Sc2cccnc2)sc2ccc(Br)cc12. The summed E-state index contributed by atoms with van der Waals surface area (Å²) in [5.41, 5.74) is 1.35. The first-order valence-corrected chi connectivity index (χ1v) is 7.93. The fourth-order valence-corrected chi connectivity index (χ4v) is 4.53. The van der Waals surface area contributed by atoms with Crippen molar-refractivity contribution in [3.8, 4) is 0 Å². The second kappa shape index (κ2) is 5.03. The first-order chi connectivity index (χ1) is 8.74. The summed E-state index contributed by atoms with van der Waals surface area (Å²) in [6.07, 6.45) is 3.71. The maximum atomic E-state index is 4.15. The fraction of sp³-hybridized carbons (Fsp3) is 0.0714. The van der Waals surface area contributed by atoms with Gasteiger partial charge in [-0.05, 0) is 48.2 Å². The van der Waals surface area contributed by atoms with E-state index in [2.05, 4.69) is 52.1 Å². The molecule has 0 saturated heterocycles.